The fraction of sp³-hybridized carbons (Fsp3) is 0.909. The number of carbonyl (C=O) groups excluding carboxylic acids is 1. The summed E-state index contributed by atoms with van der Waals surface area (Å²) in [5.74, 6) is 0.0660. The van der Waals surface area contributed by atoms with Crippen LogP contribution in [0.15, 0.2) is 0 Å². The summed E-state index contributed by atoms with van der Waals surface area (Å²) in [5.41, 5.74) is 5.61. The standard InChI is InChI=1S/C11H24N2O2/c1-9(2)13(3)6-5-10(8-12)7-11(14)15-4/h9-10H,5-8,12H2,1-4H3. The van der Waals surface area contributed by atoms with E-state index in [1.807, 2.05) is 0 Å². The van der Waals surface area contributed by atoms with Gasteiger partial charge in [0, 0.05) is 12.5 Å². The maximum atomic E-state index is 11.1. The van der Waals surface area contributed by atoms with Gasteiger partial charge < -0.3 is 15.4 Å². The summed E-state index contributed by atoms with van der Waals surface area (Å²) in [7, 11) is 3.49. The second-order valence-corrected chi connectivity index (χ2v) is 4.25. The highest BCUT2D eigenvalue weighted by Gasteiger charge is 2.14. The number of nitrogens with zero attached hydrogens (tertiary/aromatic N) is 1. The first-order valence-corrected chi connectivity index (χ1v) is 5.48. The van der Waals surface area contributed by atoms with Crippen LogP contribution in [0, 0.1) is 5.92 Å². The zero-order valence-corrected chi connectivity index (χ0v) is 10.3. The van der Waals surface area contributed by atoms with E-state index in [1.54, 1.807) is 0 Å². The van der Waals surface area contributed by atoms with E-state index in [9.17, 15) is 4.79 Å². The van der Waals surface area contributed by atoms with Crippen molar-refractivity contribution >= 4 is 5.97 Å². The third-order valence-electron chi connectivity index (χ3n) is 2.79. The number of nitrogens with two attached hydrogens (primary N) is 1. The molecule has 0 aromatic rings. The van der Waals surface area contributed by atoms with Crippen molar-refractivity contribution in [2.75, 3.05) is 27.2 Å². The van der Waals surface area contributed by atoms with E-state index in [4.69, 9.17) is 5.73 Å². The van der Waals surface area contributed by atoms with Gasteiger partial charge in [0.1, 0.15) is 0 Å². The van der Waals surface area contributed by atoms with E-state index in [-0.39, 0.29) is 11.9 Å². The number of carbonyl (C=O) groups is 1. The van der Waals surface area contributed by atoms with Gasteiger partial charge in [0.05, 0.1) is 7.11 Å². The Balaban J connectivity index is 3.84. The largest absolute Gasteiger partial charge is 0.469 e. The van der Waals surface area contributed by atoms with E-state index in [0.29, 0.717) is 19.0 Å². The highest BCUT2D eigenvalue weighted by atomic mass is 16.5. The van der Waals surface area contributed by atoms with Gasteiger partial charge in [0.2, 0.25) is 0 Å². The van der Waals surface area contributed by atoms with Crippen molar-refractivity contribution in [3.05, 3.63) is 0 Å². The lowest BCUT2D eigenvalue weighted by Crippen LogP contribution is -2.30. The van der Waals surface area contributed by atoms with Gasteiger partial charge in [-0.3, -0.25) is 4.79 Å². The monoisotopic (exact) mass is 216 g/mol. The lowest BCUT2D eigenvalue weighted by atomic mass is 10.0. The minimum Gasteiger partial charge on any atom is -0.469 e. The van der Waals surface area contributed by atoms with Crippen LogP contribution in [0.5, 0.6) is 0 Å². The molecule has 0 radical (unpaired) electrons. The third kappa shape index (κ3) is 6.47. The molecule has 0 spiro atoms. The van der Waals surface area contributed by atoms with E-state index in [2.05, 4.69) is 30.5 Å². The second kappa shape index (κ2) is 7.65. The summed E-state index contributed by atoms with van der Waals surface area (Å²) >= 11 is 0. The predicted octanol–water partition coefficient (Wildman–Crippen LogP) is 0.855. The van der Waals surface area contributed by atoms with Crippen LogP contribution in [-0.2, 0) is 9.53 Å². The lowest BCUT2D eigenvalue weighted by Gasteiger charge is -2.23. The first kappa shape index (κ1) is 14.4. The Morgan fingerprint density at radius 1 is 1.47 bits per heavy atom. The van der Waals surface area contributed by atoms with E-state index >= 15 is 0 Å². The molecule has 2 N–H and O–H groups in total. The Bertz CT molecular complexity index is 183. The van der Waals surface area contributed by atoms with Crippen LogP contribution in [0.1, 0.15) is 26.7 Å². The molecule has 0 rings (SSSR count). The van der Waals surface area contributed by atoms with Crippen LogP contribution in [0.3, 0.4) is 0 Å². The first-order chi connectivity index (χ1) is 7.01. The van der Waals surface area contributed by atoms with Gasteiger partial charge in [-0.1, -0.05) is 0 Å². The lowest BCUT2D eigenvalue weighted by molar-refractivity contribution is -0.141. The first-order valence-electron chi connectivity index (χ1n) is 5.48. The maximum absolute atomic E-state index is 11.1. The number of hydrogen-bond donors (Lipinski definition) is 1. The fourth-order valence-corrected chi connectivity index (χ4v) is 1.27. The van der Waals surface area contributed by atoms with Gasteiger partial charge in [-0.2, -0.15) is 0 Å². The van der Waals surface area contributed by atoms with E-state index < -0.39 is 0 Å². The van der Waals surface area contributed by atoms with Crippen molar-refractivity contribution < 1.29 is 9.53 Å². The molecule has 0 saturated carbocycles. The highest BCUT2D eigenvalue weighted by molar-refractivity contribution is 5.69. The molecule has 0 saturated heterocycles. The van der Waals surface area contributed by atoms with Crippen LogP contribution in [-0.4, -0.2) is 44.2 Å². The van der Waals surface area contributed by atoms with Crippen LogP contribution in [0.2, 0.25) is 0 Å². The average Bonchev–Trinajstić information content (AvgIpc) is 2.22. The molecule has 4 nitrogen and oxygen atoms in total. The van der Waals surface area contributed by atoms with Crippen molar-refractivity contribution in [3.63, 3.8) is 0 Å². The Kier molecular flexibility index (Phi) is 7.34. The van der Waals surface area contributed by atoms with Crippen molar-refractivity contribution in [1.82, 2.24) is 4.90 Å². The Morgan fingerprint density at radius 3 is 2.47 bits per heavy atom. The normalized spacial score (nSPS) is 13.3. The molecule has 0 aliphatic carbocycles. The molecule has 0 aromatic heterocycles. The highest BCUT2D eigenvalue weighted by Crippen LogP contribution is 2.09. The molecule has 0 fully saturated rings. The molecule has 0 aromatic carbocycles. The van der Waals surface area contributed by atoms with Crippen molar-refractivity contribution in [2.24, 2.45) is 11.7 Å². The van der Waals surface area contributed by atoms with Gasteiger partial charge in [0.15, 0.2) is 0 Å². The smallest absolute Gasteiger partial charge is 0.305 e. The van der Waals surface area contributed by atoms with Crippen LogP contribution < -0.4 is 5.73 Å². The molecule has 1 unspecified atom stereocenters. The van der Waals surface area contributed by atoms with Crippen LogP contribution in [0.25, 0.3) is 0 Å². The zero-order chi connectivity index (χ0) is 11.8. The number of hydrogen-bond acceptors (Lipinski definition) is 4. The summed E-state index contributed by atoms with van der Waals surface area (Å²) in [6.45, 7) is 5.81. The van der Waals surface area contributed by atoms with Gasteiger partial charge in [-0.15, -0.1) is 0 Å². The number of rotatable bonds is 7. The summed E-state index contributed by atoms with van der Waals surface area (Å²) in [6, 6.07) is 0.529. The van der Waals surface area contributed by atoms with Gasteiger partial charge >= 0.3 is 5.97 Å². The Hall–Kier alpha value is -0.610. The number of ether oxygens (including phenoxy) is 1. The molecule has 15 heavy (non-hydrogen) atoms. The molecule has 0 bridgehead atoms. The number of methoxy groups -OCH3 is 1. The van der Waals surface area contributed by atoms with E-state index in [1.165, 1.54) is 7.11 Å². The topological polar surface area (TPSA) is 55.6 Å². The van der Waals surface area contributed by atoms with E-state index in [0.717, 1.165) is 13.0 Å². The molecule has 0 heterocycles. The van der Waals surface area contributed by atoms with Gasteiger partial charge in [0.25, 0.3) is 0 Å². The van der Waals surface area contributed by atoms with Gasteiger partial charge in [-0.05, 0) is 46.3 Å². The predicted molar refractivity (Wildman–Crippen MR) is 61.6 cm³/mol. The summed E-state index contributed by atoms with van der Waals surface area (Å²) in [4.78, 5) is 13.3. The summed E-state index contributed by atoms with van der Waals surface area (Å²) < 4.78 is 4.63. The Morgan fingerprint density at radius 2 is 2.07 bits per heavy atom. The molecule has 0 aliphatic rings. The molecule has 0 amide bonds. The minimum absolute atomic E-state index is 0.169. The quantitative estimate of drug-likeness (QED) is 0.641. The SMILES string of the molecule is COC(=O)CC(CN)CCN(C)C(C)C. The molecule has 1 atom stereocenters. The van der Waals surface area contributed by atoms with Crippen molar-refractivity contribution in [3.8, 4) is 0 Å². The zero-order valence-electron chi connectivity index (χ0n) is 10.3. The summed E-state index contributed by atoms with van der Waals surface area (Å²) in [5, 5.41) is 0. The summed E-state index contributed by atoms with van der Waals surface area (Å²) in [6.07, 6.45) is 1.37. The number of esters is 1. The molecular weight excluding hydrogens is 192 g/mol. The fourth-order valence-electron chi connectivity index (χ4n) is 1.27. The van der Waals surface area contributed by atoms with Gasteiger partial charge in [-0.25, -0.2) is 0 Å². The second-order valence-electron chi connectivity index (χ2n) is 4.25. The van der Waals surface area contributed by atoms with Crippen molar-refractivity contribution in [2.45, 2.75) is 32.7 Å². The third-order valence-corrected chi connectivity index (χ3v) is 2.79. The molecule has 90 valence electrons. The average molecular weight is 216 g/mol. The van der Waals surface area contributed by atoms with Crippen LogP contribution >= 0.6 is 0 Å². The molecular formula is C11H24N2O2. The maximum Gasteiger partial charge on any atom is 0.305 e. The molecule has 4 heteroatoms. The molecule has 0 aliphatic heterocycles. The minimum atomic E-state index is -0.169. The van der Waals surface area contributed by atoms with Crippen LogP contribution in [0.4, 0.5) is 0 Å². The Labute approximate surface area is 92.8 Å². The van der Waals surface area contributed by atoms with Crippen molar-refractivity contribution in [1.29, 1.82) is 0 Å².